The average molecular weight is 271 g/mol. The molecule has 0 aliphatic rings. The predicted octanol–water partition coefficient (Wildman–Crippen LogP) is 3.02. The lowest BCUT2D eigenvalue weighted by Gasteiger charge is -2.21. The van der Waals surface area contributed by atoms with Gasteiger partial charge in [0.25, 0.3) is 0 Å². The summed E-state index contributed by atoms with van der Waals surface area (Å²) in [5.41, 5.74) is 0.713. The fourth-order valence-corrected chi connectivity index (χ4v) is 2.04. The predicted molar refractivity (Wildman–Crippen MR) is 73.1 cm³/mol. The number of ether oxygens (including phenoxy) is 1. The maximum absolute atomic E-state index is 13.2. The number of hydrogen-bond acceptors (Lipinski definition) is 2. The van der Waals surface area contributed by atoms with E-state index in [-0.39, 0.29) is 0 Å². The molecule has 1 unspecified atom stereocenters. The van der Waals surface area contributed by atoms with E-state index in [1.54, 1.807) is 7.11 Å². The van der Waals surface area contributed by atoms with Crippen LogP contribution in [-0.4, -0.2) is 26.8 Å². The van der Waals surface area contributed by atoms with Crippen molar-refractivity contribution in [3.8, 4) is 0 Å². The third-order valence-corrected chi connectivity index (χ3v) is 3.25. The van der Waals surface area contributed by atoms with Crippen LogP contribution >= 0.6 is 0 Å². The van der Waals surface area contributed by atoms with Gasteiger partial charge in [-0.2, -0.15) is 0 Å². The Labute approximate surface area is 114 Å². The Hall–Kier alpha value is -1.00. The molecule has 0 aromatic heterocycles. The van der Waals surface area contributed by atoms with Crippen LogP contribution in [-0.2, 0) is 11.2 Å². The minimum absolute atomic E-state index is 0.345. The van der Waals surface area contributed by atoms with E-state index in [0.717, 1.165) is 19.2 Å². The molecular formula is C15H23F2NO. The Morgan fingerprint density at radius 2 is 1.79 bits per heavy atom. The van der Waals surface area contributed by atoms with E-state index in [1.807, 2.05) is 0 Å². The number of nitrogens with one attached hydrogen (secondary N) is 1. The summed E-state index contributed by atoms with van der Waals surface area (Å²) in [4.78, 5) is 0. The molecule has 0 fully saturated rings. The van der Waals surface area contributed by atoms with E-state index >= 15 is 0 Å². The van der Waals surface area contributed by atoms with E-state index in [9.17, 15) is 8.78 Å². The summed E-state index contributed by atoms with van der Waals surface area (Å²) in [5, 5.41) is 3.30. The van der Waals surface area contributed by atoms with Gasteiger partial charge in [-0.25, -0.2) is 8.78 Å². The number of hydrogen-bond donors (Lipinski definition) is 1. The number of benzene rings is 1. The molecule has 0 aliphatic heterocycles. The molecule has 0 radical (unpaired) electrons. The first-order chi connectivity index (χ1) is 9.02. The summed E-state index contributed by atoms with van der Waals surface area (Å²) in [6, 6.07) is 3.73. The normalized spacial score (nSPS) is 12.9. The van der Waals surface area contributed by atoms with Crippen LogP contribution in [0.25, 0.3) is 0 Å². The van der Waals surface area contributed by atoms with Crippen molar-refractivity contribution in [2.45, 2.75) is 20.3 Å². The van der Waals surface area contributed by atoms with Gasteiger partial charge >= 0.3 is 0 Å². The molecule has 1 aromatic carbocycles. The third kappa shape index (κ3) is 6.12. The van der Waals surface area contributed by atoms with Gasteiger partial charge in [0.1, 0.15) is 11.6 Å². The Bertz CT molecular complexity index is 362. The molecule has 1 N–H and O–H groups in total. The molecule has 0 saturated heterocycles. The lowest BCUT2D eigenvalue weighted by atomic mass is 9.89. The zero-order chi connectivity index (χ0) is 14.3. The standard InChI is InChI=1S/C15H23F2NO/c1-11(2)13(10-18-4-5-19-3)6-12-7-14(16)9-15(17)8-12/h7-9,11,13,18H,4-6,10H2,1-3H3. The highest BCUT2D eigenvalue weighted by molar-refractivity contribution is 5.18. The van der Waals surface area contributed by atoms with Gasteiger partial charge in [-0.3, -0.25) is 0 Å². The van der Waals surface area contributed by atoms with Gasteiger partial charge < -0.3 is 10.1 Å². The zero-order valence-corrected chi connectivity index (χ0v) is 11.9. The van der Waals surface area contributed by atoms with Gasteiger partial charge in [-0.05, 0) is 42.5 Å². The second-order valence-electron chi connectivity index (χ2n) is 5.18. The van der Waals surface area contributed by atoms with Crippen LogP contribution < -0.4 is 5.32 Å². The maximum atomic E-state index is 13.2. The lowest BCUT2D eigenvalue weighted by Crippen LogP contribution is -2.30. The molecule has 0 bridgehead atoms. The van der Waals surface area contributed by atoms with Crippen molar-refractivity contribution in [2.75, 3.05) is 26.8 Å². The van der Waals surface area contributed by atoms with Crippen molar-refractivity contribution in [3.63, 3.8) is 0 Å². The van der Waals surface area contributed by atoms with Gasteiger partial charge in [0, 0.05) is 19.7 Å². The maximum Gasteiger partial charge on any atom is 0.126 e. The smallest absolute Gasteiger partial charge is 0.126 e. The molecule has 0 spiro atoms. The fourth-order valence-electron chi connectivity index (χ4n) is 2.04. The van der Waals surface area contributed by atoms with Crippen molar-refractivity contribution in [3.05, 3.63) is 35.4 Å². The highest BCUT2D eigenvalue weighted by atomic mass is 19.1. The number of halogens is 2. The second-order valence-corrected chi connectivity index (χ2v) is 5.18. The van der Waals surface area contributed by atoms with Crippen molar-refractivity contribution in [2.24, 2.45) is 11.8 Å². The van der Waals surface area contributed by atoms with E-state index in [1.165, 1.54) is 12.1 Å². The van der Waals surface area contributed by atoms with Gasteiger partial charge in [-0.1, -0.05) is 13.8 Å². The van der Waals surface area contributed by atoms with E-state index in [0.29, 0.717) is 30.4 Å². The summed E-state index contributed by atoms with van der Waals surface area (Å²) >= 11 is 0. The van der Waals surface area contributed by atoms with Crippen molar-refractivity contribution < 1.29 is 13.5 Å². The summed E-state index contributed by atoms with van der Waals surface area (Å²) < 4.78 is 31.3. The van der Waals surface area contributed by atoms with Crippen LogP contribution in [0.4, 0.5) is 8.78 Å². The molecule has 1 rings (SSSR count). The van der Waals surface area contributed by atoms with Crippen LogP contribution in [0.15, 0.2) is 18.2 Å². The van der Waals surface area contributed by atoms with E-state index < -0.39 is 11.6 Å². The topological polar surface area (TPSA) is 21.3 Å². The monoisotopic (exact) mass is 271 g/mol. The first-order valence-electron chi connectivity index (χ1n) is 6.67. The average Bonchev–Trinajstić information content (AvgIpc) is 2.31. The van der Waals surface area contributed by atoms with Crippen molar-refractivity contribution in [1.29, 1.82) is 0 Å². The molecule has 0 amide bonds. The van der Waals surface area contributed by atoms with Crippen LogP contribution in [0, 0.1) is 23.5 Å². The Morgan fingerprint density at radius 1 is 1.16 bits per heavy atom. The number of methoxy groups -OCH3 is 1. The van der Waals surface area contributed by atoms with Crippen LogP contribution in [0.2, 0.25) is 0 Å². The highest BCUT2D eigenvalue weighted by Crippen LogP contribution is 2.18. The van der Waals surface area contributed by atoms with Crippen LogP contribution in [0.3, 0.4) is 0 Å². The molecule has 4 heteroatoms. The molecular weight excluding hydrogens is 248 g/mol. The first-order valence-corrected chi connectivity index (χ1v) is 6.67. The first kappa shape index (κ1) is 16.1. The Balaban J connectivity index is 2.57. The van der Waals surface area contributed by atoms with Gasteiger partial charge in [-0.15, -0.1) is 0 Å². The lowest BCUT2D eigenvalue weighted by molar-refractivity contribution is 0.196. The quantitative estimate of drug-likeness (QED) is 0.734. The molecule has 0 saturated carbocycles. The molecule has 108 valence electrons. The largest absolute Gasteiger partial charge is 0.383 e. The van der Waals surface area contributed by atoms with Gasteiger partial charge in [0.05, 0.1) is 6.61 Å². The summed E-state index contributed by atoms with van der Waals surface area (Å²) in [5.74, 6) is -0.228. The van der Waals surface area contributed by atoms with Crippen molar-refractivity contribution in [1.82, 2.24) is 5.32 Å². The Kier molecular flexibility index (Phi) is 6.95. The molecule has 0 aliphatic carbocycles. The van der Waals surface area contributed by atoms with Crippen LogP contribution in [0.1, 0.15) is 19.4 Å². The Morgan fingerprint density at radius 3 is 2.32 bits per heavy atom. The SMILES string of the molecule is COCCNCC(Cc1cc(F)cc(F)c1)C(C)C. The summed E-state index contributed by atoms with van der Waals surface area (Å²) in [7, 11) is 1.66. The van der Waals surface area contributed by atoms with Gasteiger partial charge in [0.15, 0.2) is 0 Å². The molecule has 19 heavy (non-hydrogen) atoms. The minimum atomic E-state index is -0.509. The molecule has 2 nitrogen and oxygen atoms in total. The summed E-state index contributed by atoms with van der Waals surface area (Å²) in [6.45, 7) is 6.52. The molecule has 1 aromatic rings. The molecule has 0 heterocycles. The summed E-state index contributed by atoms with van der Waals surface area (Å²) in [6.07, 6.45) is 0.673. The van der Waals surface area contributed by atoms with E-state index in [2.05, 4.69) is 19.2 Å². The van der Waals surface area contributed by atoms with Crippen molar-refractivity contribution >= 4 is 0 Å². The zero-order valence-electron chi connectivity index (χ0n) is 11.9. The minimum Gasteiger partial charge on any atom is -0.383 e. The number of rotatable bonds is 8. The van der Waals surface area contributed by atoms with Crippen LogP contribution in [0.5, 0.6) is 0 Å². The fraction of sp³-hybridized carbons (Fsp3) is 0.600. The third-order valence-electron chi connectivity index (χ3n) is 3.25. The van der Waals surface area contributed by atoms with Gasteiger partial charge in [0.2, 0.25) is 0 Å². The molecule has 1 atom stereocenters. The van der Waals surface area contributed by atoms with E-state index in [4.69, 9.17) is 4.74 Å². The highest BCUT2D eigenvalue weighted by Gasteiger charge is 2.14. The second kappa shape index (κ2) is 8.23.